The highest BCUT2D eigenvalue weighted by Gasteiger charge is 2.30. The highest BCUT2D eigenvalue weighted by molar-refractivity contribution is 5.99. The van der Waals surface area contributed by atoms with Gasteiger partial charge < -0.3 is 5.11 Å². The van der Waals surface area contributed by atoms with E-state index in [2.05, 4.69) is 0 Å². The molecule has 0 atom stereocenters. The minimum absolute atomic E-state index is 0.634. The summed E-state index contributed by atoms with van der Waals surface area (Å²) in [5.74, 6) is -1.07. The van der Waals surface area contributed by atoms with E-state index in [1.54, 1.807) is 6.07 Å². The van der Waals surface area contributed by atoms with Crippen molar-refractivity contribution in [2.45, 2.75) is 6.18 Å². The Balaban J connectivity index is 2.15. The molecule has 0 amide bonds. The minimum atomic E-state index is -4.38. The van der Waals surface area contributed by atoms with Gasteiger partial charge in [0.05, 0.1) is 5.56 Å². The normalized spacial score (nSPS) is 12.0. The average Bonchev–Trinajstić information content (AvgIpc) is 2.58. The maximum Gasteiger partial charge on any atom is 0.416 e. The molecule has 5 heteroatoms. The molecule has 3 aromatic rings. The highest BCUT2D eigenvalue weighted by atomic mass is 19.4. The van der Waals surface area contributed by atoms with Crippen molar-refractivity contribution in [1.29, 1.82) is 0 Å². The van der Waals surface area contributed by atoms with Crippen LogP contribution < -0.4 is 0 Å². The van der Waals surface area contributed by atoms with Gasteiger partial charge in [-0.25, -0.2) is 4.79 Å². The van der Waals surface area contributed by atoms with Crippen molar-refractivity contribution in [3.63, 3.8) is 0 Å². The van der Waals surface area contributed by atoms with Crippen LogP contribution in [0.2, 0.25) is 0 Å². The van der Waals surface area contributed by atoms with Crippen molar-refractivity contribution < 1.29 is 23.1 Å². The first kappa shape index (κ1) is 16.8. The zero-order valence-electron chi connectivity index (χ0n) is 12.9. The van der Waals surface area contributed by atoms with Crippen LogP contribution in [0.5, 0.6) is 0 Å². The Labute approximate surface area is 141 Å². The number of aliphatic carboxylic acids is 1. The molecule has 0 radical (unpaired) electrons. The lowest BCUT2D eigenvalue weighted by Crippen LogP contribution is -2.04. The third-order valence-electron chi connectivity index (χ3n) is 3.83. The SMILES string of the molecule is O=C(O)/C=C/c1cc(-c2ccc(C(F)(F)F)cc2)c2ccccc2c1. The molecule has 0 saturated heterocycles. The van der Waals surface area contributed by atoms with E-state index in [-0.39, 0.29) is 0 Å². The van der Waals surface area contributed by atoms with E-state index < -0.39 is 17.7 Å². The van der Waals surface area contributed by atoms with Crippen molar-refractivity contribution in [2.24, 2.45) is 0 Å². The average molecular weight is 342 g/mol. The predicted octanol–water partition coefficient (Wildman–Crippen LogP) is 5.62. The molecule has 0 aliphatic rings. The Morgan fingerprint density at radius 3 is 2.28 bits per heavy atom. The molecule has 3 rings (SSSR count). The van der Waals surface area contributed by atoms with Gasteiger partial charge in [0.2, 0.25) is 0 Å². The molecule has 0 aromatic heterocycles. The summed E-state index contributed by atoms with van der Waals surface area (Å²) in [5.41, 5.74) is 1.34. The van der Waals surface area contributed by atoms with Gasteiger partial charge in [0.25, 0.3) is 0 Å². The lowest BCUT2D eigenvalue weighted by Gasteiger charge is -2.11. The summed E-state index contributed by atoms with van der Waals surface area (Å²) in [6.07, 6.45) is -1.89. The number of halogens is 3. The predicted molar refractivity (Wildman–Crippen MR) is 91.1 cm³/mol. The van der Waals surface area contributed by atoms with E-state index in [4.69, 9.17) is 5.11 Å². The number of fused-ring (bicyclic) bond motifs is 1. The van der Waals surface area contributed by atoms with Crippen LogP contribution in [0, 0.1) is 0 Å². The van der Waals surface area contributed by atoms with Gasteiger partial charge >= 0.3 is 12.1 Å². The Morgan fingerprint density at radius 2 is 1.64 bits per heavy atom. The Bertz CT molecular complexity index is 955. The van der Waals surface area contributed by atoms with E-state index in [0.717, 1.165) is 34.5 Å². The van der Waals surface area contributed by atoms with E-state index in [1.807, 2.05) is 30.3 Å². The quantitative estimate of drug-likeness (QED) is 0.627. The molecule has 1 N–H and O–H groups in total. The third-order valence-corrected chi connectivity index (χ3v) is 3.83. The number of alkyl halides is 3. The molecule has 0 unspecified atom stereocenters. The summed E-state index contributed by atoms with van der Waals surface area (Å²) in [5, 5.41) is 10.6. The fourth-order valence-corrected chi connectivity index (χ4v) is 2.68. The summed E-state index contributed by atoms with van der Waals surface area (Å²) in [6.45, 7) is 0. The van der Waals surface area contributed by atoms with Crippen LogP contribution in [0.4, 0.5) is 13.2 Å². The molecule has 0 spiro atoms. The molecule has 3 aromatic carbocycles. The molecule has 0 bridgehead atoms. The highest BCUT2D eigenvalue weighted by Crippen LogP contribution is 2.34. The molecule has 25 heavy (non-hydrogen) atoms. The van der Waals surface area contributed by atoms with Crippen LogP contribution in [0.15, 0.2) is 66.7 Å². The monoisotopic (exact) mass is 342 g/mol. The number of carboxylic acids is 1. The van der Waals surface area contributed by atoms with Crippen LogP contribution in [0.25, 0.3) is 28.0 Å². The number of benzene rings is 3. The zero-order valence-corrected chi connectivity index (χ0v) is 12.9. The molecular formula is C20H13F3O2. The molecule has 126 valence electrons. The van der Waals surface area contributed by atoms with Crippen molar-refractivity contribution in [1.82, 2.24) is 0 Å². The van der Waals surface area contributed by atoms with Gasteiger partial charge in [0.15, 0.2) is 0 Å². The molecule has 0 fully saturated rings. The zero-order chi connectivity index (χ0) is 18.0. The van der Waals surface area contributed by atoms with Gasteiger partial charge in [-0.1, -0.05) is 36.4 Å². The topological polar surface area (TPSA) is 37.3 Å². The molecule has 2 nitrogen and oxygen atoms in total. The molecule has 0 aliphatic carbocycles. The van der Waals surface area contributed by atoms with Crippen molar-refractivity contribution in [3.05, 3.63) is 77.9 Å². The first-order valence-corrected chi connectivity index (χ1v) is 7.46. The van der Waals surface area contributed by atoms with Gasteiger partial charge in [0, 0.05) is 6.08 Å². The van der Waals surface area contributed by atoms with Crippen LogP contribution in [0.1, 0.15) is 11.1 Å². The summed E-state index contributed by atoms with van der Waals surface area (Å²) < 4.78 is 38.3. The number of carbonyl (C=O) groups is 1. The number of hydrogen-bond acceptors (Lipinski definition) is 1. The maximum atomic E-state index is 12.8. The molecule has 0 heterocycles. The van der Waals surface area contributed by atoms with Crippen molar-refractivity contribution in [3.8, 4) is 11.1 Å². The second kappa shape index (κ2) is 6.43. The first-order valence-electron chi connectivity index (χ1n) is 7.46. The van der Waals surface area contributed by atoms with E-state index in [9.17, 15) is 18.0 Å². The Morgan fingerprint density at radius 1 is 0.960 bits per heavy atom. The first-order chi connectivity index (χ1) is 11.8. The smallest absolute Gasteiger partial charge is 0.416 e. The Hall–Kier alpha value is -3.08. The third kappa shape index (κ3) is 3.71. The van der Waals surface area contributed by atoms with Gasteiger partial charge in [-0.05, 0) is 57.8 Å². The van der Waals surface area contributed by atoms with E-state index in [0.29, 0.717) is 11.1 Å². The number of rotatable bonds is 3. The number of hydrogen-bond donors (Lipinski definition) is 1. The van der Waals surface area contributed by atoms with E-state index >= 15 is 0 Å². The van der Waals surface area contributed by atoms with Crippen LogP contribution in [0.3, 0.4) is 0 Å². The molecular weight excluding hydrogens is 329 g/mol. The molecule has 0 aliphatic heterocycles. The van der Waals surface area contributed by atoms with Gasteiger partial charge in [-0.3, -0.25) is 0 Å². The van der Waals surface area contributed by atoms with Crippen LogP contribution in [-0.4, -0.2) is 11.1 Å². The number of carboxylic acid groups (broad SMARTS) is 1. The standard InChI is InChI=1S/C20H13F3O2/c21-20(22,23)16-8-6-14(7-9-16)18-12-13(5-10-19(24)25)11-15-3-1-2-4-17(15)18/h1-12H,(H,24,25)/b10-5+. The maximum absolute atomic E-state index is 12.8. The van der Waals surface area contributed by atoms with Gasteiger partial charge in [0.1, 0.15) is 0 Å². The second-order valence-electron chi connectivity index (χ2n) is 5.54. The lowest BCUT2D eigenvalue weighted by molar-refractivity contribution is -0.137. The summed E-state index contributed by atoms with van der Waals surface area (Å²) >= 11 is 0. The second-order valence-corrected chi connectivity index (χ2v) is 5.54. The van der Waals surface area contributed by atoms with Crippen LogP contribution >= 0.6 is 0 Å². The van der Waals surface area contributed by atoms with Gasteiger partial charge in [-0.15, -0.1) is 0 Å². The van der Waals surface area contributed by atoms with Gasteiger partial charge in [-0.2, -0.15) is 13.2 Å². The minimum Gasteiger partial charge on any atom is -0.478 e. The summed E-state index contributed by atoms with van der Waals surface area (Å²) in [6, 6.07) is 16.0. The van der Waals surface area contributed by atoms with E-state index in [1.165, 1.54) is 18.2 Å². The van der Waals surface area contributed by atoms with Crippen molar-refractivity contribution >= 4 is 22.8 Å². The lowest BCUT2D eigenvalue weighted by atomic mass is 9.95. The fraction of sp³-hybridized carbons (Fsp3) is 0.0500. The molecule has 0 saturated carbocycles. The fourth-order valence-electron chi connectivity index (χ4n) is 2.68. The van der Waals surface area contributed by atoms with Crippen molar-refractivity contribution in [2.75, 3.05) is 0 Å². The summed E-state index contributed by atoms with van der Waals surface area (Å²) in [7, 11) is 0. The van der Waals surface area contributed by atoms with Crippen LogP contribution in [-0.2, 0) is 11.0 Å². The summed E-state index contributed by atoms with van der Waals surface area (Å²) in [4.78, 5) is 10.7. The largest absolute Gasteiger partial charge is 0.478 e. The Kier molecular flexibility index (Phi) is 4.31.